The van der Waals surface area contributed by atoms with Gasteiger partial charge in [-0.25, -0.2) is 0 Å². The Labute approximate surface area is 66.8 Å². The number of nitrogens with zero attached hydrogens (tertiary/aromatic N) is 2. The molecule has 0 amide bonds. The number of piperidine rings is 3. The second kappa shape index (κ2) is 2.20. The predicted octanol–water partition coefficient (Wildman–Crippen LogP) is -0.0669. The summed E-state index contributed by atoms with van der Waals surface area (Å²) < 4.78 is 0. The lowest BCUT2D eigenvalue weighted by atomic mass is 9.74. The molecule has 2 bridgehead atoms. The molecule has 0 radical (unpaired) electrons. The molecule has 3 saturated heterocycles. The molecule has 3 heteroatoms. The van der Waals surface area contributed by atoms with E-state index < -0.39 is 5.54 Å². The van der Waals surface area contributed by atoms with E-state index in [0.717, 1.165) is 32.5 Å². The number of nitrogens with two attached hydrogens (primary N) is 1. The molecule has 3 aliphatic heterocycles. The van der Waals surface area contributed by atoms with E-state index >= 15 is 0 Å². The van der Waals surface area contributed by atoms with Crippen molar-refractivity contribution in [1.29, 1.82) is 5.26 Å². The fourth-order valence-electron chi connectivity index (χ4n) is 2.23. The third-order valence-electron chi connectivity index (χ3n) is 3.01. The van der Waals surface area contributed by atoms with Crippen molar-refractivity contribution in [3.8, 4) is 6.07 Å². The van der Waals surface area contributed by atoms with Crippen molar-refractivity contribution >= 4 is 0 Å². The Morgan fingerprint density at radius 1 is 1.45 bits per heavy atom. The van der Waals surface area contributed by atoms with Crippen LogP contribution in [0.3, 0.4) is 0 Å². The van der Waals surface area contributed by atoms with Crippen LogP contribution in [0.25, 0.3) is 0 Å². The molecule has 11 heavy (non-hydrogen) atoms. The highest BCUT2D eigenvalue weighted by Crippen LogP contribution is 2.33. The Morgan fingerprint density at radius 2 is 2.09 bits per heavy atom. The average molecular weight is 151 g/mol. The van der Waals surface area contributed by atoms with E-state index in [-0.39, 0.29) is 0 Å². The van der Waals surface area contributed by atoms with Crippen molar-refractivity contribution in [1.82, 2.24) is 4.90 Å². The maximum absolute atomic E-state index is 8.87. The first-order valence-electron chi connectivity index (χ1n) is 4.17. The molecule has 3 nitrogen and oxygen atoms in total. The van der Waals surface area contributed by atoms with Crippen LogP contribution >= 0.6 is 0 Å². The Bertz CT molecular complexity index is 200. The van der Waals surface area contributed by atoms with Gasteiger partial charge in [-0.05, 0) is 31.8 Å². The molecule has 0 spiro atoms. The predicted molar refractivity (Wildman–Crippen MR) is 41.7 cm³/mol. The van der Waals surface area contributed by atoms with Crippen LogP contribution in [0.4, 0.5) is 0 Å². The van der Waals surface area contributed by atoms with Crippen LogP contribution in [-0.2, 0) is 0 Å². The quantitative estimate of drug-likeness (QED) is 0.527. The van der Waals surface area contributed by atoms with Crippen LogP contribution in [-0.4, -0.2) is 30.1 Å². The average Bonchev–Trinajstić information content (AvgIpc) is 2.06. The summed E-state index contributed by atoms with van der Waals surface area (Å²) in [5.74, 6) is 0.456. The van der Waals surface area contributed by atoms with E-state index in [4.69, 9.17) is 11.0 Å². The molecule has 3 fully saturated rings. The summed E-state index contributed by atoms with van der Waals surface area (Å²) in [6, 6.07) is 2.25. The first-order valence-corrected chi connectivity index (χ1v) is 4.17. The van der Waals surface area contributed by atoms with Gasteiger partial charge in [-0.3, -0.25) is 0 Å². The molecule has 0 saturated carbocycles. The van der Waals surface area contributed by atoms with Gasteiger partial charge in [0.05, 0.1) is 6.07 Å². The number of nitriles is 1. The minimum atomic E-state index is -0.531. The van der Waals surface area contributed by atoms with Gasteiger partial charge < -0.3 is 10.6 Å². The molecule has 0 aliphatic carbocycles. The summed E-state index contributed by atoms with van der Waals surface area (Å²) in [6.07, 6.45) is 2.23. The van der Waals surface area contributed by atoms with E-state index in [1.807, 2.05) is 0 Å². The van der Waals surface area contributed by atoms with Crippen LogP contribution in [0.5, 0.6) is 0 Å². The highest BCUT2D eigenvalue weighted by molar-refractivity contribution is 5.14. The van der Waals surface area contributed by atoms with Gasteiger partial charge in [0.2, 0.25) is 0 Å². The van der Waals surface area contributed by atoms with Crippen LogP contribution in [0.15, 0.2) is 0 Å². The van der Waals surface area contributed by atoms with Gasteiger partial charge in [0.1, 0.15) is 5.54 Å². The molecule has 60 valence electrons. The second-order valence-electron chi connectivity index (χ2n) is 3.70. The molecular formula is C8H13N3. The zero-order valence-electron chi connectivity index (χ0n) is 6.58. The van der Waals surface area contributed by atoms with E-state index in [2.05, 4.69) is 11.0 Å². The summed E-state index contributed by atoms with van der Waals surface area (Å²) in [4.78, 5) is 2.29. The summed E-state index contributed by atoms with van der Waals surface area (Å²) in [5, 5.41) is 8.87. The maximum atomic E-state index is 8.87. The largest absolute Gasteiger partial charge is 0.312 e. The lowest BCUT2D eigenvalue weighted by Crippen LogP contribution is -2.63. The van der Waals surface area contributed by atoms with Crippen molar-refractivity contribution in [2.75, 3.05) is 19.6 Å². The maximum Gasteiger partial charge on any atom is 0.120 e. The smallest absolute Gasteiger partial charge is 0.120 e. The molecule has 3 rings (SSSR count). The summed E-state index contributed by atoms with van der Waals surface area (Å²) in [5.41, 5.74) is 5.41. The Hall–Kier alpha value is -0.590. The Balaban J connectivity index is 2.21. The fourth-order valence-corrected chi connectivity index (χ4v) is 2.23. The normalized spacial score (nSPS) is 48.7. The van der Waals surface area contributed by atoms with E-state index in [9.17, 15) is 0 Å². The highest BCUT2D eigenvalue weighted by atomic mass is 15.2. The Kier molecular flexibility index (Phi) is 1.41. The van der Waals surface area contributed by atoms with Crippen molar-refractivity contribution < 1.29 is 0 Å². The highest BCUT2D eigenvalue weighted by Gasteiger charge is 2.44. The van der Waals surface area contributed by atoms with Gasteiger partial charge in [0.25, 0.3) is 0 Å². The van der Waals surface area contributed by atoms with E-state index in [1.54, 1.807) is 0 Å². The van der Waals surface area contributed by atoms with Crippen molar-refractivity contribution in [3.63, 3.8) is 0 Å². The van der Waals surface area contributed by atoms with Gasteiger partial charge in [-0.1, -0.05) is 0 Å². The van der Waals surface area contributed by atoms with Crippen LogP contribution < -0.4 is 5.73 Å². The molecule has 1 atom stereocenters. The van der Waals surface area contributed by atoms with Gasteiger partial charge in [0.15, 0.2) is 0 Å². The molecule has 2 N–H and O–H groups in total. The number of fused-ring (bicyclic) bond motifs is 3. The van der Waals surface area contributed by atoms with Crippen molar-refractivity contribution in [2.45, 2.75) is 18.4 Å². The molecule has 0 aromatic carbocycles. The topological polar surface area (TPSA) is 53.1 Å². The number of rotatable bonds is 0. The molecule has 0 unspecified atom stereocenters. The lowest BCUT2D eigenvalue weighted by molar-refractivity contribution is 0.0575. The Morgan fingerprint density at radius 3 is 2.36 bits per heavy atom. The number of hydrogen-bond acceptors (Lipinski definition) is 3. The molecule has 3 heterocycles. The fraction of sp³-hybridized carbons (Fsp3) is 0.875. The lowest BCUT2D eigenvalue weighted by Gasteiger charge is -2.47. The van der Waals surface area contributed by atoms with E-state index in [0.29, 0.717) is 5.92 Å². The summed E-state index contributed by atoms with van der Waals surface area (Å²) >= 11 is 0. The monoisotopic (exact) mass is 151 g/mol. The van der Waals surface area contributed by atoms with Crippen LogP contribution in [0.2, 0.25) is 0 Å². The van der Waals surface area contributed by atoms with Gasteiger partial charge in [-0.2, -0.15) is 5.26 Å². The zero-order chi connectivity index (χ0) is 7.90. The summed E-state index contributed by atoms with van der Waals surface area (Å²) in [7, 11) is 0. The molecular weight excluding hydrogens is 138 g/mol. The number of hydrogen-bond donors (Lipinski definition) is 1. The van der Waals surface area contributed by atoms with Crippen LogP contribution in [0.1, 0.15) is 12.8 Å². The molecule has 3 aliphatic rings. The van der Waals surface area contributed by atoms with Gasteiger partial charge in [0, 0.05) is 6.54 Å². The van der Waals surface area contributed by atoms with Crippen molar-refractivity contribution in [3.05, 3.63) is 0 Å². The van der Waals surface area contributed by atoms with E-state index in [1.165, 1.54) is 0 Å². The van der Waals surface area contributed by atoms with Crippen molar-refractivity contribution in [2.24, 2.45) is 11.7 Å². The first-order chi connectivity index (χ1) is 5.24. The first kappa shape index (κ1) is 7.08. The molecule has 0 aromatic rings. The zero-order valence-corrected chi connectivity index (χ0v) is 6.58. The SMILES string of the molecule is N#C[C@@]1(N)CN2CCC1CC2. The minimum absolute atomic E-state index is 0.456. The van der Waals surface area contributed by atoms with Gasteiger partial charge >= 0.3 is 0 Å². The summed E-state index contributed by atoms with van der Waals surface area (Å²) in [6.45, 7) is 3.07. The van der Waals surface area contributed by atoms with Gasteiger partial charge in [-0.15, -0.1) is 0 Å². The third-order valence-corrected chi connectivity index (χ3v) is 3.01. The third kappa shape index (κ3) is 0.943. The standard InChI is InChI=1S/C8H13N3/c9-5-8(10)6-11-3-1-7(8)2-4-11/h7H,1-4,6,10H2/t8-/m1/s1. The second-order valence-corrected chi connectivity index (χ2v) is 3.70. The molecule has 0 aromatic heterocycles. The van der Waals surface area contributed by atoms with Crippen LogP contribution in [0, 0.1) is 17.2 Å². The minimum Gasteiger partial charge on any atom is -0.312 e.